The van der Waals surface area contributed by atoms with Gasteiger partial charge in [-0.1, -0.05) is 6.92 Å². The molecule has 1 aliphatic rings. The Morgan fingerprint density at radius 2 is 1.92 bits per heavy atom. The van der Waals surface area contributed by atoms with Crippen LogP contribution in [0.5, 0.6) is 0 Å². The molecule has 1 aromatic rings. The molecule has 0 saturated carbocycles. The van der Waals surface area contributed by atoms with Gasteiger partial charge in [0.1, 0.15) is 6.04 Å². The van der Waals surface area contributed by atoms with E-state index in [4.69, 9.17) is 4.74 Å². The second-order valence-electron chi connectivity index (χ2n) is 6.77. The van der Waals surface area contributed by atoms with E-state index >= 15 is 0 Å². The number of halogens is 1. The molecule has 2 rings (SSSR count). The minimum atomic E-state index is -0.368. The van der Waals surface area contributed by atoms with Gasteiger partial charge in [0.25, 0.3) is 5.91 Å². The maximum Gasteiger partial charge on any atom is 0.251 e. The van der Waals surface area contributed by atoms with Gasteiger partial charge >= 0.3 is 0 Å². The van der Waals surface area contributed by atoms with Crippen molar-refractivity contribution in [3.8, 4) is 0 Å². The van der Waals surface area contributed by atoms with Crippen molar-refractivity contribution < 1.29 is 14.3 Å². The first-order valence-electron chi connectivity index (χ1n) is 8.41. The minimum Gasteiger partial charge on any atom is -0.375 e. The fraction of sp³-hybridized carbons (Fsp3) is 0.556. The number of amides is 2. The highest BCUT2D eigenvalue weighted by Gasteiger charge is 2.28. The molecule has 1 aliphatic heterocycles. The third-order valence-corrected chi connectivity index (χ3v) is 4.35. The molecule has 1 heterocycles. The zero-order chi connectivity index (χ0) is 17.7. The van der Waals surface area contributed by atoms with E-state index < -0.39 is 0 Å². The Morgan fingerprint density at radius 3 is 2.48 bits per heavy atom. The number of rotatable bonds is 5. The number of nitrogens with one attached hydrogen (secondary N) is 3. The highest BCUT2D eigenvalue weighted by atomic mass is 35.5. The lowest BCUT2D eigenvalue weighted by molar-refractivity contribution is -0.123. The standard InChI is InChI=1S/C18H27N3O3.ClH/c1-5-18(3,4)21-16(22)13-6-8-14(9-7-13)20-17(23)15-12(2)24-11-10-19-15;/h6-9,12,15,19H,5,10-11H2,1-4H3,(H,20,23)(H,21,22);1H/t12-,15+;/m1./s1. The summed E-state index contributed by atoms with van der Waals surface area (Å²) in [5, 5.41) is 8.99. The van der Waals surface area contributed by atoms with Gasteiger partial charge in [0, 0.05) is 23.3 Å². The quantitative estimate of drug-likeness (QED) is 0.744. The van der Waals surface area contributed by atoms with Crippen LogP contribution in [0.4, 0.5) is 5.69 Å². The lowest BCUT2D eigenvalue weighted by atomic mass is 10.0. The Kier molecular flexibility index (Phi) is 7.86. The predicted octanol–water partition coefficient (Wildman–Crippen LogP) is 2.34. The van der Waals surface area contributed by atoms with Crippen LogP contribution < -0.4 is 16.0 Å². The van der Waals surface area contributed by atoms with E-state index in [0.717, 1.165) is 6.42 Å². The Balaban J connectivity index is 0.00000312. The first-order chi connectivity index (χ1) is 11.3. The molecule has 0 radical (unpaired) electrons. The maximum atomic E-state index is 12.3. The number of ether oxygens (including phenoxy) is 1. The highest BCUT2D eigenvalue weighted by molar-refractivity contribution is 5.97. The van der Waals surface area contributed by atoms with Crippen molar-refractivity contribution in [1.82, 2.24) is 10.6 Å². The van der Waals surface area contributed by atoms with Crippen molar-refractivity contribution >= 4 is 29.9 Å². The Bertz CT molecular complexity index is 590. The molecule has 1 saturated heterocycles. The summed E-state index contributed by atoms with van der Waals surface area (Å²) in [6.07, 6.45) is 0.682. The number of benzene rings is 1. The maximum absolute atomic E-state index is 12.3. The normalized spacial score (nSPS) is 20.3. The average Bonchev–Trinajstić information content (AvgIpc) is 2.55. The summed E-state index contributed by atoms with van der Waals surface area (Å²) in [4.78, 5) is 24.5. The monoisotopic (exact) mass is 369 g/mol. The molecule has 3 N–H and O–H groups in total. The molecule has 0 aromatic heterocycles. The number of anilines is 1. The van der Waals surface area contributed by atoms with Crippen molar-refractivity contribution in [2.45, 2.75) is 51.8 Å². The molecule has 0 aliphatic carbocycles. The van der Waals surface area contributed by atoms with Crippen LogP contribution in [-0.4, -0.2) is 42.7 Å². The lowest BCUT2D eigenvalue weighted by Gasteiger charge is -2.29. The molecule has 2 atom stereocenters. The summed E-state index contributed by atoms with van der Waals surface area (Å²) in [6.45, 7) is 9.15. The second kappa shape index (κ2) is 9.17. The average molecular weight is 370 g/mol. The van der Waals surface area contributed by atoms with Crippen LogP contribution in [0.2, 0.25) is 0 Å². The second-order valence-corrected chi connectivity index (χ2v) is 6.77. The zero-order valence-corrected chi connectivity index (χ0v) is 16.0. The van der Waals surface area contributed by atoms with Crippen molar-refractivity contribution in [2.24, 2.45) is 0 Å². The summed E-state index contributed by atoms with van der Waals surface area (Å²) in [6, 6.07) is 6.53. The molecule has 1 fully saturated rings. The number of hydrogen-bond acceptors (Lipinski definition) is 4. The van der Waals surface area contributed by atoms with Gasteiger partial charge in [-0.15, -0.1) is 12.4 Å². The van der Waals surface area contributed by atoms with E-state index in [9.17, 15) is 9.59 Å². The van der Waals surface area contributed by atoms with E-state index in [1.54, 1.807) is 24.3 Å². The Hall–Kier alpha value is -1.63. The number of carbonyl (C=O) groups is 2. The zero-order valence-electron chi connectivity index (χ0n) is 15.2. The largest absolute Gasteiger partial charge is 0.375 e. The van der Waals surface area contributed by atoms with Crippen LogP contribution in [0.15, 0.2) is 24.3 Å². The van der Waals surface area contributed by atoms with Gasteiger partial charge in [0.15, 0.2) is 0 Å². The van der Waals surface area contributed by atoms with Gasteiger partial charge < -0.3 is 20.7 Å². The molecule has 0 bridgehead atoms. The molecule has 0 unspecified atom stereocenters. The molecule has 7 heteroatoms. The molecule has 25 heavy (non-hydrogen) atoms. The molecule has 6 nitrogen and oxygen atoms in total. The van der Waals surface area contributed by atoms with Gasteiger partial charge in [-0.2, -0.15) is 0 Å². The molecule has 2 amide bonds. The van der Waals surface area contributed by atoms with Crippen molar-refractivity contribution in [1.29, 1.82) is 0 Å². The van der Waals surface area contributed by atoms with Crippen molar-refractivity contribution in [3.63, 3.8) is 0 Å². The summed E-state index contributed by atoms with van der Waals surface area (Å²) in [7, 11) is 0. The van der Waals surface area contributed by atoms with Crippen LogP contribution in [0.25, 0.3) is 0 Å². The van der Waals surface area contributed by atoms with Gasteiger partial charge in [0.05, 0.1) is 12.7 Å². The lowest BCUT2D eigenvalue weighted by Crippen LogP contribution is -2.53. The number of hydrogen-bond donors (Lipinski definition) is 3. The van der Waals surface area contributed by atoms with E-state index in [2.05, 4.69) is 16.0 Å². The van der Waals surface area contributed by atoms with Crippen LogP contribution in [0, 0.1) is 0 Å². The molecule has 1 aromatic carbocycles. The topological polar surface area (TPSA) is 79.5 Å². The molecular weight excluding hydrogens is 342 g/mol. The third-order valence-electron chi connectivity index (χ3n) is 4.35. The van der Waals surface area contributed by atoms with E-state index in [1.165, 1.54) is 0 Å². The number of morpholine rings is 1. The van der Waals surface area contributed by atoms with Gasteiger partial charge in [-0.25, -0.2) is 0 Å². The number of carbonyl (C=O) groups excluding carboxylic acids is 2. The predicted molar refractivity (Wildman–Crippen MR) is 101 cm³/mol. The van der Waals surface area contributed by atoms with Crippen molar-refractivity contribution in [2.75, 3.05) is 18.5 Å². The van der Waals surface area contributed by atoms with Crippen LogP contribution in [0.3, 0.4) is 0 Å². The molecule has 0 spiro atoms. The van der Waals surface area contributed by atoms with E-state index in [-0.39, 0.29) is 41.9 Å². The minimum absolute atomic E-state index is 0. The van der Waals surface area contributed by atoms with Gasteiger partial charge in [-0.3, -0.25) is 9.59 Å². The van der Waals surface area contributed by atoms with Crippen molar-refractivity contribution in [3.05, 3.63) is 29.8 Å². The first-order valence-corrected chi connectivity index (χ1v) is 8.41. The van der Waals surface area contributed by atoms with Gasteiger partial charge in [0.2, 0.25) is 5.91 Å². The molecule has 140 valence electrons. The summed E-state index contributed by atoms with van der Waals surface area (Å²) < 4.78 is 5.48. The first kappa shape index (κ1) is 21.4. The van der Waals surface area contributed by atoms with E-state index in [1.807, 2.05) is 27.7 Å². The van der Waals surface area contributed by atoms with E-state index in [0.29, 0.717) is 24.4 Å². The van der Waals surface area contributed by atoms with Gasteiger partial charge in [-0.05, 0) is 51.5 Å². The Morgan fingerprint density at radius 1 is 1.28 bits per heavy atom. The summed E-state index contributed by atoms with van der Waals surface area (Å²) in [5.74, 6) is -0.248. The van der Waals surface area contributed by atoms with Crippen LogP contribution in [0.1, 0.15) is 44.5 Å². The summed E-state index contributed by atoms with van der Waals surface area (Å²) >= 11 is 0. The SMILES string of the molecule is CCC(C)(C)NC(=O)c1ccc(NC(=O)[C@H]2NCCO[C@@H]2C)cc1.Cl. The fourth-order valence-electron chi connectivity index (χ4n) is 2.42. The Labute approximate surface area is 155 Å². The molecular formula is C18H28ClN3O3. The van der Waals surface area contributed by atoms with Crippen LogP contribution in [-0.2, 0) is 9.53 Å². The fourth-order valence-corrected chi connectivity index (χ4v) is 2.42. The van der Waals surface area contributed by atoms with Crippen LogP contribution >= 0.6 is 12.4 Å². The highest BCUT2D eigenvalue weighted by Crippen LogP contribution is 2.14. The summed E-state index contributed by atoms with van der Waals surface area (Å²) in [5.41, 5.74) is 0.986. The third kappa shape index (κ3) is 5.99. The smallest absolute Gasteiger partial charge is 0.251 e.